The third kappa shape index (κ3) is 4.55. The van der Waals surface area contributed by atoms with E-state index >= 15 is 0 Å². The molecule has 118 valence electrons. The Morgan fingerprint density at radius 1 is 1.35 bits per heavy atom. The van der Waals surface area contributed by atoms with Crippen molar-refractivity contribution >= 4 is 17.3 Å². The highest BCUT2D eigenvalue weighted by molar-refractivity contribution is 6.03. The molecule has 0 aliphatic carbocycles. The summed E-state index contributed by atoms with van der Waals surface area (Å²) in [5.74, 6) is -0.289. The maximum absolute atomic E-state index is 12.2. The van der Waals surface area contributed by atoms with Gasteiger partial charge in [0.2, 0.25) is 0 Å². The first-order valence-electron chi connectivity index (χ1n) is 7.62. The Kier molecular flexibility index (Phi) is 5.70. The monoisotopic (exact) mass is 308 g/mol. The van der Waals surface area contributed by atoms with Gasteiger partial charge >= 0.3 is 0 Å². The molecule has 0 radical (unpaired) electrons. The van der Waals surface area contributed by atoms with Crippen LogP contribution < -0.4 is 10.2 Å². The van der Waals surface area contributed by atoms with Gasteiger partial charge in [0.15, 0.2) is 0 Å². The molecule has 5 heteroatoms. The highest BCUT2D eigenvalue weighted by atomic mass is 16.1. The number of carbonyl (C=O) groups excluding carboxylic acids is 1. The van der Waals surface area contributed by atoms with Crippen molar-refractivity contribution < 1.29 is 4.79 Å². The van der Waals surface area contributed by atoms with Gasteiger partial charge in [-0.25, -0.2) is 4.98 Å². The van der Waals surface area contributed by atoms with E-state index in [9.17, 15) is 4.79 Å². The molecule has 0 atom stereocenters. The van der Waals surface area contributed by atoms with Gasteiger partial charge in [-0.05, 0) is 36.8 Å². The second kappa shape index (κ2) is 7.95. The number of aromatic nitrogens is 1. The van der Waals surface area contributed by atoms with Gasteiger partial charge in [-0.1, -0.05) is 19.4 Å². The minimum atomic E-state index is -0.289. The SMILES string of the molecule is CCCCN(C)c1ccc(C(=O)Nc2cccc(C#N)c2)nc1. The Hall–Kier alpha value is -2.87. The zero-order valence-corrected chi connectivity index (χ0v) is 13.4. The highest BCUT2D eigenvalue weighted by Gasteiger charge is 2.09. The van der Waals surface area contributed by atoms with Crippen LogP contribution in [0.5, 0.6) is 0 Å². The van der Waals surface area contributed by atoms with Crippen molar-refractivity contribution in [2.75, 3.05) is 23.8 Å². The topological polar surface area (TPSA) is 69.0 Å². The smallest absolute Gasteiger partial charge is 0.274 e. The van der Waals surface area contributed by atoms with E-state index in [0.717, 1.165) is 25.1 Å². The molecule has 1 N–H and O–H groups in total. The average Bonchev–Trinajstić information content (AvgIpc) is 2.60. The first-order chi connectivity index (χ1) is 11.1. The van der Waals surface area contributed by atoms with Crippen LogP contribution in [0, 0.1) is 11.3 Å². The molecule has 0 aliphatic rings. The molecule has 0 saturated heterocycles. The molecule has 2 aromatic rings. The van der Waals surface area contributed by atoms with E-state index in [4.69, 9.17) is 5.26 Å². The molecule has 0 bridgehead atoms. The first-order valence-corrected chi connectivity index (χ1v) is 7.62. The maximum Gasteiger partial charge on any atom is 0.274 e. The number of nitrogens with zero attached hydrogens (tertiary/aromatic N) is 3. The molecule has 1 aromatic carbocycles. The van der Waals surface area contributed by atoms with Gasteiger partial charge in [-0.2, -0.15) is 5.26 Å². The molecule has 2 rings (SSSR count). The van der Waals surface area contributed by atoms with Crippen LogP contribution in [0.2, 0.25) is 0 Å². The van der Waals surface area contributed by atoms with Gasteiger partial charge in [-0.3, -0.25) is 4.79 Å². The molecule has 0 saturated carbocycles. The van der Waals surface area contributed by atoms with E-state index in [1.165, 1.54) is 0 Å². The first kappa shape index (κ1) is 16.5. The van der Waals surface area contributed by atoms with E-state index in [1.54, 1.807) is 36.5 Å². The summed E-state index contributed by atoms with van der Waals surface area (Å²) in [5.41, 5.74) is 2.42. The number of rotatable bonds is 6. The summed E-state index contributed by atoms with van der Waals surface area (Å²) in [4.78, 5) is 18.5. The van der Waals surface area contributed by atoms with Crippen molar-refractivity contribution in [3.8, 4) is 6.07 Å². The number of carbonyl (C=O) groups is 1. The summed E-state index contributed by atoms with van der Waals surface area (Å²) in [6, 6.07) is 12.4. The van der Waals surface area contributed by atoms with Crippen LogP contribution in [0.3, 0.4) is 0 Å². The minimum Gasteiger partial charge on any atom is -0.373 e. The van der Waals surface area contributed by atoms with Gasteiger partial charge in [0.1, 0.15) is 5.69 Å². The molecule has 1 aromatic heterocycles. The van der Waals surface area contributed by atoms with Crippen LogP contribution in [-0.4, -0.2) is 24.5 Å². The van der Waals surface area contributed by atoms with E-state index in [1.807, 2.05) is 19.2 Å². The van der Waals surface area contributed by atoms with Crippen molar-refractivity contribution in [3.63, 3.8) is 0 Å². The molecule has 23 heavy (non-hydrogen) atoms. The predicted octanol–water partition coefficient (Wildman–Crippen LogP) is 3.44. The van der Waals surface area contributed by atoms with Gasteiger partial charge < -0.3 is 10.2 Å². The zero-order valence-electron chi connectivity index (χ0n) is 13.4. The lowest BCUT2D eigenvalue weighted by molar-refractivity contribution is 0.102. The standard InChI is InChI=1S/C18H20N4O/c1-3-4-10-22(2)16-8-9-17(20-13-16)18(23)21-15-7-5-6-14(11-15)12-19/h5-9,11,13H,3-4,10H2,1-2H3,(H,21,23). The van der Waals surface area contributed by atoms with Crippen LogP contribution in [0.1, 0.15) is 35.8 Å². The summed E-state index contributed by atoms with van der Waals surface area (Å²) in [7, 11) is 2.01. The van der Waals surface area contributed by atoms with Gasteiger partial charge in [-0.15, -0.1) is 0 Å². The Labute approximate surface area is 136 Å². The minimum absolute atomic E-state index is 0.289. The Morgan fingerprint density at radius 2 is 2.17 bits per heavy atom. The summed E-state index contributed by atoms with van der Waals surface area (Å²) >= 11 is 0. The van der Waals surface area contributed by atoms with Crippen molar-refractivity contribution in [2.45, 2.75) is 19.8 Å². The number of hydrogen-bond acceptors (Lipinski definition) is 4. The lowest BCUT2D eigenvalue weighted by Crippen LogP contribution is -2.19. The van der Waals surface area contributed by atoms with Crippen LogP contribution in [0.4, 0.5) is 11.4 Å². The number of anilines is 2. The van der Waals surface area contributed by atoms with Gasteiger partial charge in [0.25, 0.3) is 5.91 Å². The number of unbranched alkanes of at least 4 members (excludes halogenated alkanes) is 1. The van der Waals surface area contributed by atoms with E-state index in [0.29, 0.717) is 16.9 Å². The van der Waals surface area contributed by atoms with E-state index in [-0.39, 0.29) is 5.91 Å². The number of nitrogens with one attached hydrogen (secondary N) is 1. The molecule has 1 heterocycles. The fourth-order valence-corrected chi connectivity index (χ4v) is 2.13. The molecule has 5 nitrogen and oxygen atoms in total. The van der Waals surface area contributed by atoms with Gasteiger partial charge in [0, 0.05) is 19.3 Å². The summed E-state index contributed by atoms with van der Waals surface area (Å²) in [6.45, 7) is 3.12. The second-order valence-electron chi connectivity index (χ2n) is 5.32. The fraction of sp³-hybridized carbons (Fsp3) is 0.278. The molecular weight excluding hydrogens is 288 g/mol. The van der Waals surface area contributed by atoms with Crippen molar-refractivity contribution in [1.29, 1.82) is 5.26 Å². The van der Waals surface area contributed by atoms with E-state index < -0.39 is 0 Å². The maximum atomic E-state index is 12.2. The van der Waals surface area contributed by atoms with Crippen LogP contribution >= 0.6 is 0 Å². The number of amides is 1. The Balaban J connectivity index is 2.04. The summed E-state index contributed by atoms with van der Waals surface area (Å²) < 4.78 is 0. The van der Waals surface area contributed by atoms with Crippen LogP contribution in [0.25, 0.3) is 0 Å². The Morgan fingerprint density at radius 3 is 2.83 bits per heavy atom. The lowest BCUT2D eigenvalue weighted by Gasteiger charge is -2.18. The molecule has 0 fully saturated rings. The molecule has 1 amide bonds. The highest BCUT2D eigenvalue weighted by Crippen LogP contribution is 2.14. The van der Waals surface area contributed by atoms with Crippen LogP contribution in [0.15, 0.2) is 42.6 Å². The molecule has 0 unspecified atom stereocenters. The third-order valence-corrected chi connectivity index (χ3v) is 3.52. The van der Waals surface area contributed by atoms with Crippen molar-refractivity contribution in [3.05, 3.63) is 53.9 Å². The summed E-state index contributed by atoms with van der Waals surface area (Å²) in [5, 5.41) is 11.6. The lowest BCUT2D eigenvalue weighted by atomic mass is 10.2. The number of hydrogen-bond donors (Lipinski definition) is 1. The average molecular weight is 308 g/mol. The van der Waals surface area contributed by atoms with Gasteiger partial charge in [0.05, 0.1) is 23.5 Å². The van der Waals surface area contributed by atoms with E-state index in [2.05, 4.69) is 22.1 Å². The molecule has 0 spiro atoms. The van der Waals surface area contributed by atoms with Crippen LogP contribution in [-0.2, 0) is 0 Å². The normalized spacial score (nSPS) is 9.96. The number of benzene rings is 1. The Bertz CT molecular complexity index is 704. The largest absolute Gasteiger partial charge is 0.373 e. The quantitative estimate of drug-likeness (QED) is 0.887. The van der Waals surface area contributed by atoms with Crippen molar-refractivity contribution in [1.82, 2.24) is 4.98 Å². The molecular formula is C18H20N4O. The van der Waals surface area contributed by atoms with Crippen molar-refractivity contribution in [2.24, 2.45) is 0 Å². The zero-order chi connectivity index (χ0) is 16.7. The number of pyridine rings is 1. The number of nitriles is 1. The third-order valence-electron chi connectivity index (χ3n) is 3.52. The predicted molar refractivity (Wildman–Crippen MR) is 91.5 cm³/mol. The molecule has 0 aliphatic heterocycles. The summed E-state index contributed by atoms with van der Waals surface area (Å²) in [6.07, 6.45) is 3.96. The second-order valence-corrected chi connectivity index (χ2v) is 5.32. The fourth-order valence-electron chi connectivity index (χ4n) is 2.13.